The van der Waals surface area contributed by atoms with Gasteiger partial charge in [-0.1, -0.05) is 60.7 Å². The first-order valence-electron chi connectivity index (χ1n) is 6.60. The molecular formula is C16H17F2NO2. The van der Waals surface area contributed by atoms with E-state index in [1.165, 1.54) is 12.1 Å². The third-order valence-corrected chi connectivity index (χ3v) is 3.13. The Morgan fingerprint density at radius 3 is 2.14 bits per heavy atom. The van der Waals surface area contributed by atoms with Crippen molar-refractivity contribution in [1.82, 2.24) is 5.48 Å². The summed E-state index contributed by atoms with van der Waals surface area (Å²) < 4.78 is 34.2. The maximum Gasteiger partial charge on any atom is 0.300 e. The van der Waals surface area contributed by atoms with Gasteiger partial charge in [-0.3, -0.25) is 0 Å². The summed E-state index contributed by atoms with van der Waals surface area (Å²) in [4.78, 5) is 0. The molecule has 0 bridgehead atoms. The van der Waals surface area contributed by atoms with Crippen LogP contribution in [0, 0.1) is 0 Å². The van der Waals surface area contributed by atoms with Crippen LogP contribution in [0.1, 0.15) is 11.1 Å². The van der Waals surface area contributed by atoms with E-state index in [-0.39, 0.29) is 18.7 Å². The van der Waals surface area contributed by atoms with Crippen molar-refractivity contribution in [3.8, 4) is 0 Å². The number of hydroxylamine groups is 1. The fraction of sp³-hybridized carbons (Fsp3) is 0.250. The minimum absolute atomic E-state index is 0.0512. The normalized spacial score (nSPS) is 13.1. The summed E-state index contributed by atoms with van der Waals surface area (Å²) >= 11 is 0. The molecule has 0 saturated heterocycles. The molecule has 0 aliphatic carbocycles. The fourth-order valence-corrected chi connectivity index (χ4v) is 1.99. The van der Waals surface area contributed by atoms with Gasteiger partial charge in [0, 0.05) is 5.56 Å². The minimum Gasteiger partial charge on any atom is -0.365 e. The van der Waals surface area contributed by atoms with Crippen molar-refractivity contribution in [2.75, 3.05) is 6.54 Å². The van der Waals surface area contributed by atoms with Gasteiger partial charge in [-0.25, -0.2) is 5.48 Å². The second kappa shape index (κ2) is 7.26. The molecule has 21 heavy (non-hydrogen) atoms. The molecule has 2 aromatic carbocycles. The van der Waals surface area contributed by atoms with Crippen LogP contribution in [-0.2, 0) is 17.3 Å². The van der Waals surface area contributed by atoms with Crippen LogP contribution in [0.4, 0.5) is 8.78 Å². The Hall–Kier alpha value is -1.82. The van der Waals surface area contributed by atoms with E-state index in [9.17, 15) is 8.78 Å². The first-order valence-corrected chi connectivity index (χ1v) is 6.60. The summed E-state index contributed by atoms with van der Waals surface area (Å²) in [6.07, 6.45) is -1.47. The highest BCUT2D eigenvalue weighted by molar-refractivity contribution is 5.21. The van der Waals surface area contributed by atoms with Gasteiger partial charge in [0.15, 0.2) is 0 Å². The average Bonchev–Trinajstić information content (AvgIpc) is 2.53. The number of nitrogens with one attached hydrogen (secondary N) is 1. The second-order valence-corrected chi connectivity index (χ2v) is 4.64. The molecule has 2 N–H and O–H groups in total. The van der Waals surface area contributed by atoms with E-state index >= 15 is 0 Å². The molecule has 5 heteroatoms. The Morgan fingerprint density at radius 2 is 1.57 bits per heavy atom. The number of halogens is 2. The Labute approximate surface area is 122 Å². The summed E-state index contributed by atoms with van der Waals surface area (Å²) in [6.45, 7) is -0.315. The zero-order valence-corrected chi connectivity index (χ0v) is 11.4. The number of rotatable bonds is 7. The van der Waals surface area contributed by atoms with E-state index in [4.69, 9.17) is 9.94 Å². The van der Waals surface area contributed by atoms with Crippen LogP contribution in [0.15, 0.2) is 60.7 Å². The lowest BCUT2D eigenvalue weighted by Gasteiger charge is -2.27. The Kier molecular flexibility index (Phi) is 5.38. The van der Waals surface area contributed by atoms with Gasteiger partial charge >= 0.3 is 0 Å². The lowest BCUT2D eigenvalue weighted by atomic mass is 10.0. The second-order valence-electron chi connectivity index (χ2n) is 4.64. The fourth-order valence-electron chi connectivity index (χ4n) is 1.99. The predicted octanol–water partition coefficient (Wildman–Crippen LogP) is 3.34. The van der Waals surface area contributed by atoms with Crippen molar-refractivity contribution in [3.63, 3.8) is 0 Å². The molecule has 3 nitrogen and oxygen atoms in total. The molecule has 112 valence electrons. The van der Waals surface area contributed by atoms with Crippen LogP contribution in [-0.4, -0.2) is 17.9 Å². The molecule has 2 aromatic rings. The Morgan fingerprint density at radius 1 is 1.00 bits per heavy atom. The van der Waals surface area contributed by atoms with Crippen molar-refractivity contribution in [1.29, 1.82) is 0 Å². The van der Waals surface area contributed by atoms with E-state index in [1.807, 2.05) is 18.2 Å². The molecule has 0 aromatic heterocycles. The van der Waals surface area contributed by atoms with Crippen molar-refractivity contribution < 1.29 is 18.7 Å². The molecule has 1 atom stereocenters. The lowest BCUT2D eigenvalue weighted by molar-refractivity contribution is -0.154. The SMILES string of the molecule is ONC[C@@H](OCc1ccccc1)C(F)(F)c1ccccc1. The van der Waals surface area contributed by atoms with Gasteiger partial charge in [-0.05, 0) is 5.56 Å². The highest BCUT2D eigenvalue weighted by atomic mass is 19.3. The molecule has 0 saturated carbocycles. The van der Waals surface area contributed by atoms with Gasteiger partial charge in [0.05, 0.1) is 13.2 Å². The van der Waals surface area contributed by atoms with Crippen molar-refractivity contribution in [3.05, 3.63) is 71.8 Å². The lowest BCUT2D eigenvalue weighted by Crippen LogP contribution is -2.40. The third kappa shape index (κ3) is 4.07. The van der Waals surface area contributed by atoms with Crippen LogP contribution in [0.3, 0.4) is 0 Å². The van der Waals surface area contributed by atoms with Crippen LogP contribution < -0.4 is 5.48 Å². The third-order valence-electron chi connectivity index (χ3n) is 3.13. The standard InChI is InChI=1S/C16H17F2NO2/c17-16(18,14-9-5-2-6-10-14)15(11-19-20)21-12-13-7-3-1-4-8-13/h1-10,15,19-20H,11-12H2/t15-/m1/s1. The topological polar surface area (TPSA) is 41.5 Å². The van der Waals surface area contributed by atoms with Crippen molar-refractivity contribution >= 4 is 0 Å². The monoisotopic (exact) mass is 293 g/mol. The molecule has 2 rings (SSSR count). The van der Waals surface area contributed by atoms with Gasteiger partial charge in [0.25, 0.3) is 5.92 Å². The number of alkyl halides is 2. The largest absolute Gasteiger partial charge is 0.365 e. The number of hydrogen-bond donors (Lipinski definition) is 2. The summed E-state index contributed by atoms with van der Waals surface area (Å²) in [6, 6.07) is 16.5. The summed E-state index contributed by atoms with van der Waals surface area (Å²) in [7, 11) is 0. The van der Waals surface area contributed by atoms with Crippen molar-refractivity contribution in [2.45, 2.75) is 18.6 Å². The summed E-state index contributed by atoms with van der Waals surface area (Å²) in [5.41, 5.74) is 2.43. The zero-order valence-electron chi connectivity index (χ0n) is 11.4. The molecule has 0 radical (unpaired) electrons. The summed E-state index contributed by atoms with van der Waals surface area (Å²) in [5, 5.41) is 8.78. The minimum atomic E-state index is -3.20. The van der Waals surface area contributed by atoms with Gasteiger partial charge in [0.2, 0.25) is 0 Å². The van der Waals surface area contributed by atoms with E-state index < -0.39 is 12.0 Å². The maximum atomic E-state index is 14.4. The van der Waals surface area contributed by atoms with Crippen LogP contribution in [0.25, 0.3) is 0 Å². The van der Waals surface area contributed by atoms with Gasteiger partial charge in [0.1, 0.15) is 6.10 Å². The highest BCUT2D eigenvalue weighted by Crippen LogP contribution is 2.33. The number of benzene rings is 2. The Bertz CT molecular complexity index is 534. The molecule has 0 amide bonds. The van der Waals surface area contributed by atoms with Gasteiger partial charge in [-0.2, -0.15) is 8.78 Å². The maximum absolute atomic E-state index is 14.4. The van der Waals surface area contributed by atoms with E-state index in [0.717, 1.165) is 5.56 Å². The predicted molar refractivity (Wildman–Crippen MR) is 75.1 cm³/mol. The molecule has 0 aliphatic heterocycles. The molecule has 0 heterocycles. The first kappa shape index (κ1) is 15.6. The van der Waals surface area contributed by atoms with Crippen LogP contribution in [0.5, 0.6) is 0 Å². The molecule has 0 unspecified atom stereocenters. The van der Waals surface area contributed by atoms with E-state index in [0.29, 0.717) is 0 Å². The highest BCUT2D eigenvalue weighted by Gasteiger charge is 2.42. The molecule has 0 fully saturated rings. The van der Waals surface area contributed by atoms with Crippen LogP contribution >= 0.6 is 0 Å². The van der Waals surface area contributed by atoms with Gasteiger partial charge in [-0.15, -0.1) is 0 Å². The van der Waals surface area contributed by atoms with Crippen molar-refractivity contribution in [2.24, 2.45) is 0 Å². The quantitative estimate of drug-likeness (QED) is 0.769. The van der Waals surface area contributed by atoms with E-state index in [2.05, 4.69) is 0 Å². The number of ether oxygens (including phenoxy) is 1. The number of hydrogen-bond acceptors (Lipinski definition) is 3. The smallest absolute Gasteiger partial charge is 0.300 e. The Balaban J connectivity index is 2.10. The van der Waals surface area contributed by atoms with Crippen LogP contribution in [0.2, 0.25) is 0 Å². The first-order chi connectivity index (χ1) is 10.1. The summed E-state index contributed by atoms with van der Waals surface area (Å²) in [5.74, 6) is -3.20. The molecular weight excluding hydrogens is 276 g/mol. The molecule has 0 spiro atoms. The van der Waals surface area contributed by atoms with E-state index in [1.54, 1.807) is 35.8 Å². The average molecular weight is 293 g/mol. The van der Waals surface area contributed by atoms with Gasteiger partial charge < -0.3 is 9.94 Å². The zero-order chi connectivity index (χ0) is 15.1. The molecule has 0 aliphatic rings.